The molecule has 0 spiro atoms. The van der Waals surface area contributed by atoms with Gasteiger partial charge in [-0.2, -0.15) is 0 Å². The van der Waals surface area contributed by atoms with E-state index in [0.717, 1.165) is 4.88 Å². The second-order valence-electron chi connectivity index (χ2n) is 3.59. The van der Waals surface area contributed by atoms with Gasteiger partial charge >= 0.3 is 0 Å². The molecule has 0 bridgehead atoms. The second-order valence-corrected chi connectivity index (χ2v) is 5.43. The highest BCUT2D eigenvalue weighted by molar-refractivity contribution is 9.10. The molecule has 2 heterocycles. The van der Waals surface area contributed by atoms with Crippen molar-refractivity contribution in [1.29, 1.82) is 0 Å². The van der Waals surface area contributed by atoms with Crippen molar-refractivity contribution in [1.82, 2.24) is 9.88 Å². The van der Waals surface area contributed by atoms with Gasteiger partial charge in [0, 0.05) is 11.9 Å². The Kier molecular flexibility index (Phi) is 3.91. The highest BCUT2D eigenvalue weighted by Gasteiger charge is 2.13. The second kappa shape index (κ2) is 5.42. The van der Waals surface area contributed by atoms with Crippen molar-refractivity contribution in [3.05, 3.63) is 50.9 Å². The van der Waals surface area contributed by atoms with Crippen molar-refractivity contribution >= 4 is 33.2 Å². The molecule has 3 nitrogen and oxygen atoms in total. The zero-order valence-electron chi connectivity index (χ0n) is 9.26. The number of carbonyl (C=O) groups excluding carboxylic acids is 1. The summed E-state index contributed by atoms with van der Waals surface area (Å²) in [5.74, 6) is -0.0697. The first-order valence-corrected chi connectivity index (χ1v) is 6.74. The number of rotatable bonds is 3. The third kappa shape index (κ3) is 3.14. The fraction of sp³-hybridized carbons (Fsp3) is 0.167. The van der Waals surface area contributed by atoms with E-state index in [-0.39, 0.29) is 5.91 Å². The van der Waals surface area contributed by atoms with Gasteiger partial charge in [0.1, 0.15) is 10.3 Å². The number of carbonyl (C=O) groups is 1. The summed E-state index contributed by atoms with van der Waals surface area (Å²) < 4.78 is 0.674. The first kappa shape index (κ1) is 12.3. The summed E-state index contributed by atoms with van der Waals surface area (Å²) in [7, 11) is 1.78. The molecule has 0 aliphatic rings. The molecule has 0 N–H and O–H groups in total. The molecule has 0 aromatic carbocycles. The van der Waals surface area contributed by atoms with Crippen LogP contribution in [-0.4, -0.2) is 22.8 Å². The molecule has 0 radical (unpaired) electrons. The van der Waals surface area contributed by atoms with Crippen LogP contribution in [0.25, 0.3) is 0 Å². The van der Waals surface area contributed by atoms with Crippen molar-refractivity contribution in [3.8, 4) is 0 Å². The van der Waals surface area contributed by atoms with Crippen molar-refractivity contribution in [3.63, 3.8) is 0 Å². The first-order valence-electron chi connectivity index (χ1n) is 5.07. The maximum Gasteiger partial charge on any atom is 0.272 e. The largest absolute Gasteiger partial charge is 0.335 e. The van der Waals surface area contributed by atoms with Crippen LogP contribution >= 0.6 is 27.3 Å². The van der Waals surface area contributed by atoms with Gasteiger partial charge in [0.25, 0.3) is 5.91 Å². The molecule has 0 saturated carbocycles. The topological polar surface area (TPSA) is 33.2 Å². The third-order valence-corrected chi connectivity index (χ3v) is 3.56. The number of thiophene rings is 1. The Morgan fingerprint density at radius 3 is 2.88 bits per heavy atom. The van der Waals surface area contributed by atoms with Crippen LogP contribution in [0.1, 0.15) is 15.4 Å². The molecule has 2 rings (SSSR count). The van der Waals surface area contributed by atoms with Gasteiger partial charge in [-0.15, -0.1) is 11.3 Å². The lowest BCUT2D eigenvalue weighted by molar-refractivity contribution is 0.0780. The van der Waals surface area contributed by atoms with E-state index in [1.54, 1.807) is 35.4 Å². The monoisotopic (exact) mass is 310 g/mol. The summed E-state index contributed by atoms with van der Waals surface area (Å²) in [4.78, 5) is 19.1. The molecule has 17 heavy (non-hydrogen) atoms. The molecule has 0 atom stereocenters. The van der Waals surface area contributed by atoms with Crippen LogP contribution in [-0.2, 0) is 6.54 Å². The molecule has 5 heteroatoms. The average molecular weight is 311 g/mol. The Morgan fingerprint density at radius 1 is 1.41 bits per heavy atom. The van der Waals surface area contributed by atoms with Gasteiger partial charge in [-0.1, -0.05) is 12.1 Å². The van der Waals surface area contributed by atoms with Gasteiger partial charge in [-0.3, -0.25) is 4.79 Å². The van der Waals surface area contributed by atoms with Crippen molar-refractivity contribution in [2.45, 2.75) is 6.54 Å². The normalized spacial score (nSPS) is 10.2. The first-order chi connectivity index (χ1) is 8.16. The lowest BCUT2D eigenvalue weighted by Crippen LogP contribution is -2.26. The molecular formula is C12H11BrN2OS. The SMILES string of the molecule is CN(Cc1cccs1)C(=O)c1cccc(Br)n1. The lowest BCUT2D eigenvalue weighted by Gasteiger charge is -2.15. The van der Waals surface area contributed by atoms with E-state index < -0.39 is 0 Å². The highest BCUT2D eigenvalue weighted by Crippen LogP contribution is 2.13. The van der Waals surface area contributed by atoms with E-state index in [4.69, 9.17) is 0 Å². The third-order valence-electron chi connectivity index (χ3n) is 2.25. The summed E-state index contributed by atoms with van der Waals surface area (Å²) >= 11 is 4.90. The zero-order valence-corrected chi connectivity index (χ0v) is 11.7. The van der Waals surface area contributed by atoms with E-state index >= 15 is 0 Å². The summed E-state index contributed by atoms with van der Waals surface area (Å²) in [5, 5.41) is 2.00. The summed E-state index contributed by atoms with van der Waals surface area (Å²) in [6.45, 7) is 0.616. The van der Waals surface area contributed by atoms with E-state index in [9.17, 15) is 4.79 Å². The zero-order chi connectivity index (χ0) is 12.3. The summed E-state index contributed by atoms with van der Waals surface area (Å²) in [5.41, 5.74) is 0.457. The van der Waals surface area contributed by atoms with E-state index in [2.05, 4.69) is 20.9 Å². The fourth-order valence-electron chi connectivity index (χ4n) is 1.43. The minimum Gasteiger partial charge on any atom is -0.335 e. The molecule has 0 aliphatic carbocycles. The molecule has 88 valence electrons. The molecular weight excluding hydrogens is 300 g/mol. The highest BCUT2D eigenvalue weighted by atomic mass is 79.9. The molecule has 2 aromatic heterocycles. The maximum absolute atomic E-state index is 12.1. The van der Waals surface area contributed by atoms with Crippen LogP contribution < -0.4 is 0 Å². The van der Waals surface area contributed by atoms with E-state index in [0.29, 0.717) is 16.8 Å². The van der Waals surface area contributed by atoms with Crippen LogP contribution in [0.2, 0.25) is 0 Å². The summed E-state index contributed by atoms with van der Waals surface area (Å²) in [6.07, 6.45) is 0. The van der Waals surface area contributed by atoms with Crippen LogP contribution in [0, 0.1) is 0 Å². The van der Waals surface area contributed by atoms with Crippen LogP contribution in [0.15, 0.2) is 40.3 Å². The minimum atomic E-state index is -0.0697. The Balaban J connectivity index is 2.09. The van der Waals surface area contributed by atoms with Gasteiger partial charge < -0.3 is 4.90 Å². The molecule has 1 amide bonds. The van der Waals surface area contributed by atoms with Crippen molar-refractivity contribution in [2.24, 2.45) is 0 Å². The molecule has 2 aromatic rings. The predicted molar refractivity (Wildman–Crippen MR) is 72.1 cm³/mol. The minimum absolute atomic E-state index is 0.0697. The smallest absolute Gasteiger partial charge is 0.272 e. The van der Waals surface area contributed by atoms with Gasteiger partial charge in [0.05, 0.1) is 6.54 Å². The Labute approximate surface area is 112 Å². The van der Waals surface area contributed by atoms with Gasteiger partial charge in [0.2, 0.25) is 0 Å². The van der Waals surface area contributed by atoms with Gasteiger partial charge in [-0.05, 0) is 39.5 Å². The number of hydrogen-bond donors (Lipinski definition) is 0. The molecule has 0 unspecified atom stereocenters. The van der Waals surface area contributed by atoms with Gasteiger partial charge in [-0.25, -0.2) is 4.98 Å². The fourth-order valence-corrected chi connectivity index (χ4v) is 2.53. The Bertz CT molecular complexity index is 513. The van der Waals surface area contributed by atoms with Gasteiger partial charge in [0.15, 0.2) is 0 Å². The quantitative estimate of drug-likeness (QED) is 0.816. The number of halogens is 1. The van der Waals surface area contributed by atoms with Crippen LogP contribution in [0.5, 0.6) is 0 Å². The number of hydrogen-bond acceptors (Lipinski definition) is 3. The van der Waals surface area contributed by atoms with E-state index in [1.165, 1.54) is 0 Å². The Morgan fingerprint density at radius 2 is 2.24 bits per heavy atom. The van der Waals surface area contributed by atoms with E-state index in [1.807, 2.05) is 23.6 Å². The van der Waals surface area contributed by atoms with Crippen LogP contribution in [0.4, 0.5) is 0 Å². The standard InChI is InChI=1S/C12H11BrN2OS/c1-15(8-9-4-3-7-17-9)12(16)10-5-2-6-11(13)14-10/h2-7H,8H2,1H3. The molecule has 0 fully saturated rings. The Hall–Kier alpha value is -1.20. The number of amides is 1. The number of aromatic nitrogens is 1. The maximum atomic E-state index is 12.1. The van der Waals surface area contributed by atoms with Crippen LogP contribution in [0.3, 0.4) is 0 Å². The predicted octanol–water partition coefficient (Wildman–Crippen LogP) is 3.18. The average Bonchev–Trinajstić information content (AvgIpc) is 2.80. The number of pyridine rings is 1. The summed E-state index contributed by atoms with van der Waals surface area (Å²) in [6, 6.07) is 9.33. The van der Waals surface area contributed by atoms with Crippen molar-refractivity contribution in [2.75, 3.05) is 7.05 Å². The lowest BCUT2D eigenvalue weighted by atomic mass is 10.3. The molecule has 0 aliphatic heterocycles. The molecule has 0 saturated heterocycles. The van der Waals surface area contributed by atoms with Crippen molar-refractivity contribution < 1.29 is 4.79 Å². The number of nitrogens with zero attached hydrogens (tertiary/aromatic N) is 2.